The van der Waals surface area contributed by atoms with Gasteiger partial charge in [0.05, 0.1) is 6.04 Å². The molecule has 0 amide bonds. The van der Waals surface area contributed by atoms with Crippen LogP contribution in [0, 0.1) is 5.82 Å². The van der Waals surface area contributed by atoms with Crippen LogP contribution in [-0.2, 0) is 0 Å². The zero-order valence-electron chi connectivity index (χ0n) is 14.6. The van der Waals surface area contributed by atoms with E-state index in [2.05, 4.69) is 24.9 Å². The molecule has 1 atom stereocenters. The number of allylic oxidation sites excluding steroid dienone is 1. The lowest BCUT2D eigenvalue weighted by molar-refractivity contribution is -0.474. The monoisotopic (exact) mass is 379 g/mol. The first kappa shape index (κ1) is 16.5. The summed E-state index contributed by atoms with van der Waals surface area (Å²) in [6, 6.07) is 6.46. The molecule has 3 aliphatic rings. The highest BCUT2D eigenvalue weighted by Crippen LogP contribution is 2.27. The second-order valence-corrected chi connectivity index (χ2v) is 6.82. The van der Waals surface area contributed by atoms with Gasteiger partial charge in [-0.3, -0.25) is 9.98 Å². The molecule has 0 saturated heterocycles. The van der Waals surface area contributed by atoms with Crippen molar-refractivity contribution in [3.8, 4) is 5.88 Å². The Labute approximate surface area is 158 Å². The first-order chi connectivity index (χ1) is 13.6. The highest BCUT2D eigenvalue weighted by atomic mass is 19.1. The molecular formula is C19H16FN6O2+. The molecule has 1 unspecified atom stereocenters. The summed E-state index contributed by atoms with van der Waals surface area (Å²) in [6.45, 7) is 0. The van der Waals surface area contributed by atoms with Crippen LogP contribution >= 0.6 is 0 Å². The van der Waals surface area contributed by atoms with E-state index >= 15 is 0 Å². The number of hydrogen-bond donors (Lipinski definition) is 3. The quantitative estimate of drug-likeness (QED) is 0.702. The lowest BCUT2D eigenvalue weighted by atomic mass is 10.1. The van der Waals surface area contributed by atoms with Gasteiger partial charge >= 0.3 is 11.9 Å². The number of aromatic amines is 2. The van der Waals surface area contributed by atoms with Gasteiger partial charge in [-0.15, -0.1) is 0 Å². The van der Waals surface area contributed by atoms with Crippen molar-refractivity contribution in [2.45, 2.75) is 25.0 Å². The third-order valence-electron chi connectivity index (χ3n) is 4.65. The van der Waals surface area contributed by atoms with E-state index in [-0.39, 0.29) is 23.4 Å². The maximum absolute atomic E-state index is 13.7. The normalized spacial score (nSPS) is 23.8. The molecule has 1 saturated carbocycles. The molecule has 1 fully saturated rings. The van der Waals surface area contributed by atoms with Crippen LogP contribution in [0.4, 0.5) is 4.39 Å². The Balaban J connectivity index is 1.61. The van der Waals surface area contributed by atoms with Crippen molar-refractivity contribution in [1.29, 1.82) is 0 Å². The van der Waals surface area contributed by atoms with Crippen molar-refractivity contribution in [2.75, 3.05) is 0 Å². The Bertz CT molecular complexity index is 1180. The Morgan fingerprint density at radius 1 is 1.32 bits per heavy atom. The predicted molar refractivity (Wildman–Crippen MR) is 103 cm³/mol. The van der Waals surface area contributed by atoms with Gasteiger partial charge in [0.2, 0.25) is 17.4 Å². The molecule has 8 nitrogen and oxygen atoms in total. The van der Waals surface area contributed by atoms with E-state index in [0.717, 1.165) is 12.8 Å². The van der Waals surface area contributed by atoms with Gasteiger partial charge in [0, 0.05) is 11.6 Å². The SMILES string of the molecule is O=c1[nH]c(O)c(/C=C2\C=NC3C(=NC4CC4)N=C(c4cccc(F)c4)C=[N+]23)[nH]1. The number of halogens is 1. The fourth-order valence-corrected chi connectivity index (χ4v) is 3.13. The highest BCUT2D eigenvalue weighted by molar-refractivity contribution is 6.40. The topological polar surface area (TPSA) is 109 Å². The summed E-state index contributed by atoms with van der Waals surface area (Å²) in [6.07, 6.45) is 6.64. The minimum atomic E-state index is -0.503. The number of hydrogen-bond acceptors (Lipinski definition) is 4. The fourth-order valence-electron chi connectivity index (χ4n) is 3.13. The number of fused-ring (bicyclic) bond motifs is 1. The Hall–Kier alpha value is -3.62. The van der Waals surface area contributed by atoms with Crippen molar-refractivity contribution in [3.63, 3.8) is 0 Å². The van der Waals surface area contributed by atoms with Crippen molar-refractivity contribution >= 4 is 30.1 Å². The number of aromatic nitrogens is 2. The fraction of sp³-hybridized carbons (Fsp3) is 0.211. The summed E-state index contributed by atoms with van der Waals surface area (Å²) >= 11 is 0. The molecule has 2 aliphatic heterocycles. The van der Waals surface area contributed by atoms with Crippen LogP contribution in [0.15, 0.2) is 49.7 Å². The number of rotatable bonds is 3. The zero-order chi connectivity index (χ0) is 19.3. The van der Waals surface area contributed by atoms with Gasteiger partial charge < -0.3 is 10.1 Å². The lowest BCUT2D eigenvalue weighted by Gasteiger charge is -2.13. The molecule has 28 heavy (non-hydrogen) atoms. The molecule has 1 aromatic heterocycles. The van der Waals surface area contributed by atoms with E-state index < -0.39 is 11.9 Å². The van der Waals surface area contributed by atoms with Crippen molar-refractivity contribution in [1.82, 2.24) is 9.97 Å². The average molecular weight is 379 g/mol. The van der Waals surface area contributed by atoms with Crippen LogP contribution in [0.5, 0.6) is 5.88 Å². The molecule has 1 aliphatic carbocycles. The summed E-state index contributed by atoms with van der Waals surface area (Å²) in [4.78, 5) is 30.0. The van der Waals surface area contributed by atoms with E-state index in [9.17, 15) is 14.3 Å². The zero-order valence-corrected chi connectivity index (χ0v) is 14.6. The van der Waals surface area contributed by atoms with E-state index in [1.54, 1.807) is 30.6 Å². The van der Waals surface area contributed by atoms with Gasteiger partial charge in [0.1, 0.15) is 23.4 Å². The minimum Gasteiger partial charge on any atom is -0.493 e. The van der Waals surface area contributed by atoms with Gasteiger partial charge in [-0.25, -0.2) is 19.2 Å². The molecule has 1 aromatic carbocycles. The van der Waals surface area contributed by atoms with E-state index in [1.807, 2.05) is 4.58 Å². The Morgan fingerprint density at radius 2 is 2.18 bits per heavy atom. The number of H-pyrrole nitrogens is 2. The Morgan fingerprint density at radius 3 is 2.89 bits per heavy atom. The van der Waals surface area contributed by atoms with Gasteiger partial charge in [0.25, 0.3) is 0 Å². The van der Waals surface area contributed by atoms with E-state index in [1.165, 1.54) is 12.1 Å². The highest BCUT2D eigenvalue weighted by Gasteiger charge is 2.39. The van der Waals surface area contributed by atoms with Gasteiger partial charge in [-0.1, -0.05) is 12.1 Å². The maximum atomic E-state index is 13.7. The summed E-state index contributed by atoms with van der Waals surface area (Å²) in [5, 5.41) is 9.83. The molecule has 140 valence electrons. The molecule has 2 aromatic rings. The molecule has 5 rings (SSSR count). The first-order valence-electron chi connectivity index (χ1n) is 8.88. The number of aliphatic imine (C=N–C) groups is 3. The number of amidine groups is 1. The number of aromatic hydroxyl groups is 1. The lowest BCUT2D eigenvalue weighted by Crippen LogP contribution is -2.35. The summed E-state index contributed by atoms with van der Waals surface area (Å²) in [5.74, 6) is -0.0346. The van der Waals surface area contributed by atoms with Crippen LogP contribution in [0.25, 0.3) is 6.08 Å². The van der Waals surface area contributed by atoms with Crippen LogP contribution in [0.1, 0.15) is 24.1 Å². The standard InChI is InChI=1S/C19H15FN6O2/c20-11-3-1-2-10(6-11)15-9-26-13(7-14-18(27)25-19(28)24-14)8-21-17(26)16(23-15)22-12-4-5-12/h1-3,6-9,12,17H,4-5H2,(H2,22,23,25,27,28)/p+1/b13-7+. The number of nitrogens with one attached hydrogen (secondary N) is 2. The third-order valence-corrected chi connectivity index (χ3v) is 4.65. The number of nitrogens with zero attached hydrogens (tertiary/aromatic N) is 4. The molecule has 3 N–H and O–H groups in total. The third kappa shape index (κ3) is 3.00. The van der Waals surface area contributed by atoms with Crippen LogP contribution in [0.2, 0.25) is 0 Å². The smallest absolute Gasteiger partial charge is 0.326 e. The summed E-state index contributed by atoms with van der Waals surface area (Å²) in [7, 11) is 0. The largest absolute Gasteiger partial charge is 0.493 e. The number of benzene rings is 1. The van der Waals surface area contributed by atoms with Gasteiger partial charge in [0.15, 0.2) is 6.21 Å². The van der Waals surface area contributed by atoms with Crippen LogP contribution in [0.3, 0.4) is 0 Å². The summed E-state index contributed by atoms with van der Waals surface area (Å²) in [5.41, 5.74) is 1.58. The second-order valence-electron chi connectivity index (χ2n) is 6.82. The van der Waals surface area contributed by atoms with Gasteiger partial charge in [-0.05, 0) is 25.0 Å². The van der Waals surface area contributed by atoms with Crippen molar-refractivity contribution in [2.24, 2.45) is 15.0 Å². The molecule has 0 bridgehead atoms. The molecule has 3 heterocycles. The number of imidazole rings is 1. The first-order valence-corrected chi connectivity index (χ1v) is 8.88. The van der Waals surface area contributed by atoms with E-state index in [0.29, 0.717) is 22.8 Å². The predicted octanol–water partition coefficient (Wildman–Crippen LogP) is 1.45. The molecule has 9 heteroatoms. The van der Waals surface area contributed by atoms with Crippen LogP contribution in [-0.4, -0.2) is 55.8 Å². The van der Waals surface area contributed by atoms with Crippen molar-refractivity contribution in [3.05, 3.63) is 57.5 Å². The average Bonchev–Trinajstić information content (AvgIpc) is 3.30. The molecule has 0 spiro atoms. The van der Waals surface area contributed by atoms with E-state index in [4.69, 9.17) is 0 Å². The van der Waals surface area contributed by atoms with Crippen molar-refractivity contribution < 1.29 is 14.1 Å². The summed E-state index contributed by atoms with van der Waals surface area (Å²) < 4.78 is 15.6. The maximum Gasteiger partial charge on any atom is 0.326 e. The van der Waals surface area contributed by atoms with Gasteiger partial charge in [-0.2, -0.15) is 4.58 Å². The Kier molecular flexibility index (Phi) is 3.68. The minimum absolute atomic E-state index is 0.246. The molecular weight excluding hydrogens is 363 g/mol. The molecule has 0 radical (unpaired) electrons. The second kappa shape index (κ2) is 6.22. The van der Waals surface area contributed by atoms with Crippen LogP contribution < -0.4 is 5.69 Å².